The molecule has 7 heteroatoms. The normalized spacial score (nSPS) is 12.7. The molecule has 0 radical (unpaired) electrons. The minimum atomic E-state index is -0.691. The maximum absolute atomic E-state index is 9.93. The van der Waals surface area contributed by atoms with Crippen LogP contribution in [0.4, 0.5) is 0 Å². The highest BCUT2D eigenvalue weighted by Gasteiger charge is 2.12. The van der Waals surface area contributed by atoms with Gasteiger partial charge in [-0.05, 0) is 34.1 Å². The van der Waals surface area contributed by atoms with Crippen molar-refractivity contribution in [2.45, 2.75) is 6.10 Å². The summed E-state index contributed by atoms with van der Waals surface area (Å²) in [5.41, 5.74) is 0. The van der Waals surface area contributed by atoms with Crippen molar-refractivity contribution in [3.63, 3.8) is 0 Å². The third-order valence-corrected chi connectivity index (χ3v) is 3.74. The quantitative estimate of drug-likeness (QED) is 0.569. The van der Waals surface area contributed by atoms with Crippen LogP contribution in [0.1, 0.15) is 0 Å². The van der Waals surface area contributed by atoms with E-state index in [9.17, 15) is 5.11 Å². The number of aliphatic hydroxyl groups is 3. The fraction of sp³-hybridized carbons (Fsp3) is 0.538. The van der Waals surface area contributed by atoms with Crippen LogP contribution in [0.25, 0.3) is 0 Å². The molecule has 0 aliphatic carbocycles. The Hall–Kier alpha value is -0.180. The van der Waals surface area contributed by atoms with Crippen molar-refractivity contribution >= 4 is 31.9 Å². The average molecular weight is 413 g/mol. The van der Waals surface area contributed by atoms with Gasteiger partial charge in [-0.1, -0.05) is 15.9 Å². The van der Waals surface area contributed by atoms with E-state index in [1.165, 1.54) is 0 Å². The largest absolute Gasteiger partial charge is 0.490 e. The predicted octanol–water partition coefficient (Wildman–Crippen LogP) is 1.24. The van der Waals surface area contributed by atoms with Crippen molar-refractivity contribution in [1.29, 1.82) is 0 Å². The van der Waals surface area contributed by atoms with Crippen LogP contribution in [0.5, 0.6) is 5.75 Å². The number of nitrogens with zero attached hydrogens (tertiary/aromatic N) is 1. The Labute approximate surface area is 135 Å². The molecule has 0 saturated heterocycles. The molecule has 3 N–H and O–H groups in total. The molecule has 0 amide bonds. The molecular formula is C13H19Br2NO4. The Balaban J connectivity index is 2.43. The second-order valence-electron chi connectivity index (χ2n) is 4.29. The van der Waals surface area contributed by atoms with E-state index in [1.54, 1.807) is 11.0 Å². The summed E-state index contributed by atoms with van der Waals surface area (Å²) < 4.78 is 7.29. The van der Waals surface area contributed by atoms with E-state index < -0.39 is 6.10 Å². The van der Waals surface area contributed by atoms with Crippen LogP contribution in [0.2, 0.25) is 0 Å². The number of hydrogen-bond donors (Lipinski definition) is 3. The third-order valence-electron chi connectivity index (χ3n) is 2.63. The fourth-order valence-electron chi connectivity index (χ4n) is 1.71. The van der Waals surface area contributed by atoms with Gasteiger partial charge >= 0.3 is 0 Å². The minimum Gasteiger partial charge on any atom is -0.490 e. The Kier molecular flexibility index (Phi) is 8.67. The first-order chi connectivity index (χ1) is 9.56. The van der Waals surface area contributed by atoms with Crippen LogP contribution < -0.4 is 4.74 Å². The van der Waals surface area contributed by atoms with Crippen molar-refractivity contribution in [3.05, 3.63) is 27.1 Å². The second-order valence-corrected chi connectivity index (χ2v) is 6.06. The van der Waals surface area contributed by atoms with Gasteiger partial charge in [-0.15, -0.1) is 0 Å². The monoisotopic (exact) mass is 411 g/mol. The maximum atomic E-state index is 9.93. The minimum absolute atomic E-state index is 0.00810. The number of ether oxygens (including phenoxy) is 1. The van der Waals surface area contributed by atoms with Gasteiger partial charge < -0.3 is 20.1 Å². The van der Waals surface area contributed by atoms with Crippen LogP contribution >= 0.6 is 31.9 Å². The molecule has 5 nitrogen and oxygen atoms in total. The molecule has 1 atom stereocenters. The van der Waals surface area contributed by atoms with Crippen LogP contribution in [-0.4, -0.2) is 65.8 Å². The molecule has 114 valence electrons. The summed E-state index contributed by atoms with van der Waals surface area (Å²) in [6, 6.07) is 5.53. The van der Waals surface area contributed by atoms with Gasteiger partial charge in [-0.3, -0.25) is 4.90 Å². The third kappa shape index (κ3) is 6.51. The molecule has 1 rings (SSSR count). The van der Waals surface area contributed by atoms with Gasteiger partial charge in [0.05, 0.1) is 17.7 Å². The molecule has 0 heterocycles. The zero-order valence-corrected chi connectivity index (χ0v) is 14.2. The second kappa shape index (κ2) is 9.70. The number of benzene rings is 1. The molecular weight excluding hydrogens is 394 g/mol. The molecule has 0 spiro atoms. The van der Waals surface area contributed by atoms with E-state index in [0.717, 1.165) is 8.95 Å². The van der Waals surface area contributed by atoms with Crippen LogP contribution in [0.3, 0.4) is 0 Å². The highest BCUT2D eigenvalue weighted by Crippen LogP contribution is 2.28. The fourth-order valence-corrected chi connectivity index (χ4v) is 2.87. The number of halogens is 2. The molecule has 20 heavy (non-hydrogen) atoms. The lowest BCUT2D eigenvalue weighted by atomic mass is 10.3. The van der Waals surface area contributed by atoms with Crippen molar-refractivity contribution in [1.82, 2.24) is 4.90 Å². The Morgan fingerprint density at radius 1 is 1.15 bits per heavy atom. The molecule has 0 bridgehead atoms. The Bertz CT molecular complexity index is 400. The SMILES string of the molecule is OCCN(CCO)C[C@@H](O)COc1ccc(Br)cc1Br. The van der Waals surface area contributed by atoms with E-state index in [1.807, 2.05) is 12.1 Å². The number of aliphatic hydroxyl groups excluding tert-OH is 3. The van der Waals surface area contributed by atoms with Gasteiger partial charge in [-0.2, -0.15) is 0 Å². The summed E-state index contributed by atoms with van der Waals surface area (Å²) in [5, 5.41) is 27.7. The molecule has 0 fully saturated rings. The maximum Gasteiger partial charge on any atom is 0.133 e. The standard InChI is InChI=1S/C13H19Br2NO4/c14-10-1-2-13(12(15)7-10)20-9-11(19)8-16(3-5-17)4-6-18/h1-2,7,11,17-19H,3-6,8-9H2/t11-/m1/s1. The van der Waals surface area contributed by atoms with Gasteiger partial charge in [0, 0.05) is 24.1 Å². The first-order valence-electron chi connectivity index (χ1n) is 6.26. The lowest BCUT2D eigenvalue weighted by molar-refractivity contribution is 0.0550. The highest BCUT2D eigenvalue weighted by atomic mass is 79.9. The van der Waals surface area contributed by atoms with E-state index >= 15 is 0 Å². The van der Waals surface area contributed by atoms with E-state index in [2.05, 4.69) is 31.9 Å². The zero-order valence-electron chi connectivity index (χ0n) is 11.0. The van der Waals surface area contributed by atoms with Crippen LogP contribution in [-0.2, 0) is 0 Å². The molecule has 0 unspecified atom stereocenters. The topological polar surface area (TPSA) is 73.2 Å². The summed E-state index contributed by atoms with van der Waals surface area (Å²) >= 11 is 6.74. The first-order valence-corrected chi connectivity index (χ1v) is 7.85. The molecule has 0 aliphatic heterocycles. The van der Waals surface area contributed by atoms with E-state index in [4.69, 9.17) is 14.9 Å². The first kappa shape index (κ1) is 17.9. The summed E-state index contributed by atoms with van der Waals surface area (Å²) in [7, 11) is 0. The van der Waals surface area contributed by atoms with Gasteiger partial charge in [0.2, 0.25) is 0 Å². The molecule has 0 saturated carbocycles. The highest BCUT2D eigenvalue weighted by molar-refractivity contribution is 9.11. The Morgan fingerprint density at radius 3 is 2.35 bits per heavy atom. The smallest absolute Gasteiger partial charge is 0.133 e. The van der Waals surface area contributed by atoms with Crippen molar-refractivity contribution in [3.8, 4) is 5.75 Å². The summed E-state index contributed by atoms with van der Waals surface area (Å²) in [4.78, 5) is 1.78. The van der Waals surface area contributed by atoms with Crippen molar-refractivity contribution < 1.29 is 20.1 Å². The van der Waals surface area contributed by atoms with Gasteiger partial charge in [0.25, 0.3) is 0 Å². The molecule has 0 aromatic heterocycles. The van der Waals surface area contributed by atoms with Crippen molar-refractivity contribution in [2.75, 3.05) is 39.5 Å². The van der Waals surface area contributed by atoms with Gasteiger partial charge in [0.1, 0.15) is 18.5 Å². The Morgan fingerprint density at radius 2 is 1.80 bits per heavy atom. The lowest BCUT2D eigenvalue weighted by Gasteiger charge is -2.23. The van der Waals surface area contributed by atoms with Gasteiger partial charge in [-0.25, -0.2) is 0 Å². The zero-order chi connectivity index (χ0) is 15.0. The van der Waals surface area contributed by atoms with Crippen LogP contribution in [0.15, 0.2) is 27.1 Å². The summed E-state index contributed by atoms with van der Waals surface area (Å²) in [5.74, 6) is 0.656. The lowest BCUT2D eigenvalue weighted by Crippen LogP contribution is -2.38. The predicted molar refractivity (Wildman–Crippen MR) is 84.0 cm³/mol. The van der Waals surface area contributed by atoms with Crippen molar-refractivity contribution in [2.24, 2.45) is 0 Å². The molecule has 0 aliphatic rings. The van der Waals surface area contributed by atoms with E-state index in [-0.39, 0.29) is 19.8 Å². The molecule has 1 aromatic rings. The number of hydrogen-bond acceptors (Lipinski definition) is 5. The average Bonchev–Trinajstić information content (AvgIpc) is 2.38. The number of rotatable bonds is 9. The van der Waals surface area contributed by atoms with Gasteiger partial charge in [0.15, 0.2) is 0 Å². The van der Waals surface area contributed by atoms with Crippen LogP contribution in [0, 0.1) is 0 Å². The summed E-state index contributed by atoms with van der Waals surface area (Å²) in [6.07, 6.45) is -0.691. The van der Waals surface area contributed by atoms with E-state index in [0.29, 0.717) is 25.4 Å². The molecule has 1 aromatic carbocycles. The summed E-state index contributed by atoms with van der Waals surface area (Å²) in [6.45, 7) is 1.31.